The standard InChI is InChI=1S/C15H26N4/c1-4-16-15-10-13(7-8-17-15)11-18(2)12-14-6-5-9-19(14)3/h7-8,10,14H,4-6,9,11-12H2,1-3H3,(H,16,17). The van der Waals surface area contributed by atoms with Crippen LogP contribution in [0.3, 0.4) is 0 Å². The Kier molecular flexibility index (Phi) is 5.16. The van der Waals surface area contributed by atoms with E-state index in [9.17, 15) is 0 Å². The van der Waals surface area contributed by atoms with Crippen LogP contribution in [-0.4, -0.2) is 54.6 Å². The minimum Gasteiger partial charge on any atom is -0.370 e. The molecule has 4 nitrogen and oxygen atoms in total. The molecule has 1 unspecified atom stereocenters. The molecule has 1 aromatic rings. The van der Waals surface area contributed by atoms with E-state index in [0.29, 0.717) is 0 Å². The lowest BCUT2D eigenvalue weighted by atomic mass is 10.2. The first kappa shape index (κ1) is 14.3. The average Bonchev–Trinajstić information content (AvgIpc) is 2.76. The zero-order valence-corrected chi connectivity index (χ0v) is 12.4. The van der Waals surface area contributed by atoms with E-state index in [-0.39, 0.29) is 0 Å². The predicted molar refractivity (Wildman–Crippen MR) is 80.4 cm³/mol. The Labute approximate surface area is 116 Å². The van der Waals surface area contributed by atoms with Gasteiger partial charge in [-0.05, 0) is 58.1 Å². The number of pyridine rings is 1. The molecule has 1 N–H and O–H groups in total. The van der Waals surface area contributed by atoms with E-state index < -0.39 is 0 Å². The zero-order valence-electron chi connectivity index (χ0n) is 12.4. The summed E-state index contributed by atoms with van der Waals surface area (Å²) >= 11 is 0. The first-order valence-electron chi connectivity index (χ1n) is 7.26. The van der Waals surface area contributed by atoms with Gasteiger partial charge < -0.3 is 15.1 Å². The second kappa shape index (κ2) is 6.87. The van der Waals surface area contributed by atoms with E-state index >= 15 is 0 Å². The molecule has 106 valence electrons. The van der Waals surface area contributed by atoms with E-state index in [1.54, 1.807) is 0 Å². The largest absolute Gasteiger partial charge is 0.370 e. The lowest BCUT2D eigenvalue weighted by Crippen LogP contribution is -2.36. The van der Waals surface area contributed by atoms with E-state index in [1.807, 2.05) is 6.20 Å². The summed E-state index contributed by atoms with van der Waals surface area (Å²) in [7, 11) is 4.45. The smallest absolute Gasteiger partial charge is 0.126 e. The van der Waals surface area contributed by atoms with Crippen molar-refractivity contribution in [1.29, 1.82) is 0 Å². The maximum atomic E-state index is 4.31. The quantitative estimate of drug-likeness (QED) is 0.850. The molecule has 0 saturated carbocycles. The van der Waals surface area contributed by atoms with Gasteiger partial charge in [0, 0.05) is 31.9 Å². The number of hydrogen-bond acceptors (Lipinski definition) is 4. The highest BCUT2D eigenvalue weighted by Gasteiger charge is 2.21. The minimum atomic E-state index is 0.722. The topological polar surface area (TPSA) is 31.4 Å². The Hall–Kier alpha value is -1.13. The third-order valence-electron chi connectivity index (χ3n) is 3.83. The van der Waals surface area contributed by atoms with Crippen molar-refractivity contribution in [2.24, 2.45) is 0 Å². The van der Waals surface area contributed by atoms with Crippen LogP contribution in [0.5, 0.6) is 0 Å². The summed E-state index contributed by atoms with van der Waals surface area (Å²) in [5.41, 5.74) is 1.33. The lowest BCUT2D eigenvalue weighted by molar-refractivity contribution is 0.215. The summed E-state index contributed by atoms with van der Waals surface area (Å²) in [5, 5.41) is 3.26. The van der Waals surface area contributed by atoms with Gasteiger partial charge in [0.2, 0.25) is 0 Å². The first-order valence-corrected chi connectivity index (χ1v) is 7.26. The Morgan fingerprint density at radius 1 is 1.53 bits per heavy atom. The van der Waals surface area contributed by atoms with Gasteiger partial charge in [-0.2, -0.15) is 0 Å². The predicted octanol–water partition coefficient (Wildman–Crippen LogP) is 2.04. The van der Waals surface area contributed by atoms with E-state index in [0.717, 1.165) is 31.5 Å². The second-order valence-electron chi connectivity index (χ2n) is 5.55. The Morgan fingerprint density at radius 3 is 3.05 bits per heavy atom. The van der Waals surface area contributed by atoms with Gasteiger partial charge in [0.25, 0.3) is 0 Å². The molecular weight excluding hydrogens is 236 g/mol. The molecule has 2 rings (SSSR count). The minimum absolute atomic E-state index is 0.722. The van der Waals surface area contributed by atoms with Crippen LogP contribution in [0, 0.1) is 0 Å². The van der Waals surface area contributed by atoms with Crippen molar-refractivity contribution >= 4 is 5.82 Å². The number of aromatic nitrogens is 1. The van der Waals surface area contributed by atoms with E-state index in [2.05, 4.69) is 53.3 Å². The molecule has 19 heavy (non-hydrogen) atoms. The highest BCUT2D eigenvalue weighted by Crippen LogP contribution is 2.16. The van der Waals surface area contributed by atoms with Crippen LogP contribution in [0.25, 0.3) is 0 Å². The molecule has 1 aliphatic heterocycles. The summed E-state index contributed by atoms with van der Waals surface area (Å²) in [4.78, 5) is 9.21. The SMILES string of the molecule is CCNc1cc(CN(C)CC2CCCN2C)ccn1. The van der Waals surface area contributed by atoms with Crippen LogP contribution < -0.4 is 5.32 Å². The molecule has 1 saturated heterocycles. The molecule has 0 radical (unpaired) electrons. The van der Waals surface area contributed by atoms with Gasteiger partial charge in [0.15, 0.2) is 0 Å². The fraction of sp³-hybridized carbons (Fsp3) is 0.667. The molecule has 1 atom stereocenters. The molecule has 0 bridgehead atoms. The van der Waals surface area contributed by atoms with Gasteiger partial charge in [-0.1, -0.05) is 0 Å². The van der Waals surface area contributed by atoms with Crippen molar-refractivity contribution in [2.75, 3.05) is 39.0 Å². The second-order valence-corrected chi connectivity index (χ2v) is 5.55. The number of likely N-dealkylation sites (N-methyl/N-ethyl adjacent to an activating group) is 2. The summed E-state index contributed by atoms with van der Waals surface area (Å²) in [5.74, 6) is 0.978. The maximum absolute atomic E-state index is 4.31. The molecule has 1 aliphatic rings. The van der Waals surface area contributed by atoms with Crippen molar-refractivity contribution in [3.05, 3.63) is 23.9 Å². The molecule has 4 heteroatoms. The number of likely N-dealkylation sites (tertiary alicyclic amines) is 1. The number of nitrogens with zero attached hydrogens (tertiary/aromatic N) is 3. The van der Waals surface area contributed by atoms with Gasteiger partial charge in [0.05, 0.1) is 0 Å². The lowest BCUT2D eigenvalue weighted by Gasteiger charge is -2.25. The molecular formula is C15H26N4. The van der Waals surface area contributed by atoms with Crippen molar-refractivity contribution < 1.29 is 0 Å². The van der Waals surface area contributed by atoms with Gasteiger partial charge in [-0.15, -0.1) is 0 Å². The van der Waals surface area contributed by atoms with Crippen molar-refractivity contribution in [3.63, 3.8) is 0 Å². The number of nitrogens with one attached hydrogen (secondary N) is 1. The van der Waals surface area contributed by atoms with Crippen LogP contribution in [0.2, 0.25) is 0 Å². The Bertz CT molecular complexity index is 393. The highest BCUT2D eigenvalue weighted by molar-refractivity contribution is 5.37. The average molecular weight is 262 g/mol. The fourth-order valence-electron chi connectivity index (χ4n) is 2.80. The fourth-order valence-corrected chi connectivity index (χ4v) is 2.80. The van der Waals surface area contributed by atoms with Crippen LogP contribution in [0.15, 0.2) is 18.3 Å². The van der Waals surface area contributed by atoms with Crippen LogP contribution in [-0.2, 0) is 6.54 Å². The van der Waals surface area contributed by atoms with Crippen molar-refractivity contribution in [2.45, 2.75) is 32.4 Å². The van der Waals surface area contributed by atoms with Gasteiger partial charge in [0.1, 0.15) is 5.82 Å². The molecule has 1 fully saturated rings. The zero-order chi connectivity index (χ0) is 13.7. The third-order valence-corrected chi connectivity index (χ3v) is 3.83. The highest BCUT2D eigenvalue weighted by atomic mass is 15.2. The Morgan fingerprint density at radius 2 is 2.37 bits per heavy atom. The van der Waals surface area contributed by atoms with Crippen LogP contribution >= 0.6 is 0 Å². The molecule has 0 amide bonds. The van der Waals surface area contributed by atoms with Crippen molar-refractivity contribution in [1.82, 2.24) is 14.8 Å². The van der Waals surface area contributed by atoms with Gasteiger partial charge >= 0.3 is 0 Å². The van der Waals surface area contributed by atoms with Gasteiger partial charge in [-0.25, -0.2) is 4.98 Å². The van der Waals surface area contributed by atoms with E-state index in [1.165, 1.54) is 24.9 Å². The maximum Gasteiger partial charge on any atom is 0.126 e. The van der Waals surface area contributed by atoms with E-state index in [4.69, 9.17) is 0 Å². The molecule has 0 aromatic carbocycles. The molecule has 2 heterocycles. The third kappa shape index (κ3) is 4.18. The van der Waals surface area contributed by atoms with Crippen molar-refractivity contribution in [3.8, 4) is 0 Å². The molecule has 0 aliphatic carbocycles. The first-order chi connectivity index (χ1) is 9.19. The normalized spacial score (nSPS) is 20.1. The monoisotopic (exact) mass is 262 g/mol. The summed E-state index contributed by atoms with van der Waals surface area (Å²) in [6.45, 7) is 6.40. The summed E-state index contributed by atoms with van der Waals surface area (Å²) in [6, 6.07) is 4.98. The molecule has 0 spiro atoms. The summed E-state index contributed by atoms with van der Waals surface area (Å²) in [6.07, 6.45) is 4.57. The number of rotatable bonds is 6. The summed E-state index contributed by atoms with van der Waals surface area (Å²) < 4.78 is 0. The Balaban J connectivity index is 1.87. The number of anilines is 1. The van der Waals surface area contributed by atoms with Crippen LogP contribution in [0.1, 0.15) is 25.3 Å². The van der Waals surface area contributed by atoms with Crippen LogP contribution in [0.4, 0.5) is 5.82 Å². The molecule has 1 aromatic heterocycles. The van der Waals surface area contributed by atoms with Gasteiger partial charge in [-0.3, -0.25) is 0 Å². The number of hydrogen-bond donors (Lipinski definition) is 1.